The summed E-state index contributed by atoms with van der Waals surface area (Å²) in [5, 5.41) is 24.0. The maximum atomic E-state index is 16.0. The molecule has 68 heavy (non-hydrogen) atoms. The molecule has 0 bridgehead atoms. The number of aliphatic carboxylic acids is 1. The second-order valence-corrected chi connectivity index (χ2v) is 20.1. The van der Waals surface area contributed by atoms with Crippen molar-refractivity contribution in [2.24, 2.45) is 11.3 Å². The van der Waals surface area contributed by atoms with Crippen molar-refractivity contribution >= 4 is 57.2 Å². The molecule has 21 heteroatoms. The fourth-order valence-corrected chi connectivity index (χ4v) is 10.5. The van der Waals surface area contributed by atoms with E-state index in [2.05, 4.69) is 30.0 Å². The number of halogens is 3. The molecule has 1 unspecified atom stereocenters. The first-order chi connectivity index (χ1) is 32.4. The third-order valence-electron chi connectivity index (χ3n) is 13.6. The number of pyridine rings is 1. The van der Waals surface area contributed by atoms with E-state index in [1.54, 1.807) is 12.3 Å². The molecule has 366 valence electrons. The smallest absolute Gasteiger partial charge is 0.326 e. The lowest BCUT2D eigenvalue weighted by Gasteiger charge is -2.39. The van der Waals surface area contributed by atoms with Gasteiger partial charge in [0.1, 0.15) is 35.4 Å². The predicted octanol–water partition coefficient (Wildman–Crippen LogP) is 3.71. The van der Waals surface area contributed by atoms with Crippen molar-refractivity contribution in [1.82, 2.24) is 35.0 Å². The lowest BCUT2D eigenvalue weighted by atomic mass is 9.85. The number of likely N-dealkylation sites (tertiary alicyclic amines) is 1. The zero-order chi connectivity index (χ0) is 48.6. The van der Waals surface area contributed by atoms with Crippen LogP contribution in [0.1, 0.15) is 62.4 Å². The first-order valence-electron chi connectivity index (χ1n) is 22.9. The number of aromatic amines is 1. The second-order valence-electron chi connectivity index (χ2n) is 19.4. The molecule has 6 heterocycles. The molecule has 4 N–H and O–H groups in total. The molecule has 4 saturated heterocycles. The fourth-order valence-electron chi connectivity index (χ4n) is 9.82. The van der Waals surface area contributed by atoms with Crippen LogP contribution in [0, 0.1) is 23.0 Å². The molecule has 5 atom stereocenters. The number of alkyl halides is 1. The average Bonchev–Trinajstić information content (AvgIpc) is 4.04. The number of fused-ring (bicyclic) bond motifs is 1. The molecule has 8 rings (SSSR count). The Morgan fingerprint density at radius 1 is 0.956 bits per heavy atom. The van der Waals surface area contributed by atoms with Crippen LogP contribution in [0.25, 0.3) is 22.2 Å². The first-order valence-corrected chi connectivity index (χ1v) is 24.0. The summed E-state index contributed by atoms with van der Waals surface area (Å²) in [5.74, 6) is -5.09. The van der Waals surface area contributed by atoms with Crippen molar-refractivity contribution in [3.05, 3.63) is 77.6 Å². The number of nitrogens with zero attached hydrogens (tertiary/aromatic N) is 7. The zero-order valence-electron chi connectivity index (χ0n) is 38.2. The molecule has 2 aromatic carbocycles. The third kappa shape index (κ3) is 10.6. The van der Waals surface area contributed by atoms with Crippen LogP contribution >= 0.6 is 0 Å². The van der Waals surface area contributed by atoms with E-state index in [-0.39, 0.29) is 50.5 Å². The number of piperidine rings is 1. The van der Waals surface area contributed by atoms with Gasteiger partial charge in [-0.3, -0.25) is 23.5 Å². The number of nitrogens with one attached hydrogen (secondary N) is 2. The maximum Gasteiger partial charge on any atom is 0.326 e. The second kappa shape index (κ2) is 20.3. The predicted molar refractivity (Wildman–Crippen MR) is 247 cm³/mol. The number of ketones is 1. The van der Waals surface area contributed by atoms with E-state index in [0.717, 1.165) is 74.0 Å². The van der Waals surface area contributed by atoms with Gasteiger partial charge < -0.3 is 39.8 Å². The standard InChI is InChI=1S/C47H58F3N9O8S/c1-47(2,3)43(45(63)58-26-33(60)21-38(58)46(64)65)53-39(61)27-55-18-16-54(17-19-55)24-28-10-13-56(14-11-28)32-6-4-29(5-7-32)30-20-34-35(23-52-44(34)51-22-30)42(62)40-36(49)8-9-37(41(40)50)59(68(66)67)57-15-12-31(48)25-57/h4-9,20,22-23,28,31,33,38,43,60H,10-19,21,24-27H2,1-3H3,(H,51,52)(H,53,61)(H,64,65)(H,66,67)/p-1/t31-,33-,38+,43-/m1/s1. The lowest BCUT2D eigenvalue weighted by Crippen LogP contribution is -2.58. The van der Waals surface area contributed by atoms with Crippen molar-refractivity contribution in [2.45, 2.75) is 70.8 Å². The topological polar surface area (TPSA) is 209 Å². The number of aromatic nitrogens is 2. The van der Waals surface area contributed by atoms with Crippen molar-refractivity contribution in [3.63, 3.8) is 0 Å². The minimum absolute atomic E-state index is 0.0129. The van der Waals surface area contributed by atoms with Gasteiger partial charge in [0.05, 0.1) is 36.0 Å². The van der Waals surface area contributed by atoms with Gasteiger partial charge >= 0.3 is 5.97 Å². The van der Waals surface area contributed by atoms with E-state index in [4.69, 9.17) is 0 Å². The average molecular weight is 965 g/mol. The Morgan fingerprint density at radius 2 is 1.65 bits per heavy atom. The number of anilines is 2. The van der Waals surface area contributed by atoms with Crippen molar-refractivity contribution in [2.75, 3.05) is 81.3 Å². The van der Waals surface area contributed by atoms with Crippen LogP contribution < -0.4 is 14.6 Å². The van der Waals surface area contributed by atoms with Gasteiger partial charge in [-0.1, -0.05) is 32.9 Å². The zero-order valence-corrected chi connectivity index (χ0v) is 39.0. The number of carbonyl (C=O) groups excluding carboxylic acids is 3. The molecule has 17 nitrogen and oxygen atoms in total. The lowest BCUT2D eigenvalue weighted by molar-refractivity contribution is -0.150. The molecule has 4 fully saturated rings. The summed E-state index contributed by atoms with van der Waals surface area (Å²) in [5.41, 5.74) is 0.534. The number of β-amino-alcohol motifs (C(OH)–C–C–N with tert-alkyl or cyclic N) is 1. The summed E-state index contributed by atoms with van der Waals surface area (Å²) >= 11 is -3.08. The summed E-state index contributed by atoms with van der Waals surface area (Å²) in [6.07, 6.45) is 2.67. The van der Waals surface area contributed by atoms with Crippen LogP contribution in [0.4, 0.5) is 24.5 Å². The van der Waals surface area contributed by atoms with E-state index in [1.807, 2.05) is 45.0 Å². The Kier molecular flexibility index (Phi) is 14.6. The van der Waals surface area contributed by atoms with E-state index >= 15 is 8.78 Å². The van der Waals surface area contributed by atoms with Crippen LogP contribution in [-0.2, 0) is 25.7 Å². The number of amides is 2. The number of piperazine rings is 1. The highest BCUT2D eigenvalue weighted by Gasteiger charge is 2.45. The van der Waals surface area contributed by atoms with E-state index in [1.165, 1.54) is 11.1 Å². The van der Waals surface area contributed by atoms with Crippen molar-refractivity contribution in [3.8, 4) is 11.1 Å². The van der Waals surface area contributed by atoms with Crippen LogP contribution in [0.5, 0.6) is 0 Å². The monoisotopic (exact) mass is 964 g/mol. The van der Waals surface area contributed by atoms with E-state index in [9.17, 15) is 42.5 Å². The number of benzene rings is 2. The molecular formula is C47H57F3N9O8S-. The summed E-state index contributed by atoms with van der Waals surface area (Å²) in [4.78, 5) is 67.7. The van der Waals surface area contributed by atoms with Gasteiger partial charge in [0.2, 0.25) is 17.6 Å². The number of aliphatic hydroxyl groups is 1. The van der Waals surface area contributed by atoms with Gasteiger partial charge in [0.15, 0.2) is 5.82 Å². The Labute approximate surface area is 394 Å². The van der Waals surface area contributed by atoms with E-state index in [0.29, 0.717) is 40.0 Å². The third-order valence-corrected chi connectivity index (χ3v) is 14.3. The highest BCUT2D eigenvalue weighted by molar-refractivity contribution is 7.80. The summed E-state index contributed by atoms with van der Waals surface area (Å²) < 4.78 is 70.1. The molecule has 0 saturated carbocycles. The minimum atomic E-state index is -3.08. The number of hydrazine groups is 1. The molecule has 2 amide bonds. The minimum Gasteiger partial charge on any atom is -0.754 e. The number of carboxylic acids is 1. The van der Waals surface area contributed by atoms with Gasteiger partial charge in [0.25, 0.3) is 0 Å². The van der Waals surface area contributed by atoms with Crippen LogP contribution in [0.3, 0.4) is 0 Å². The number of hydrogen-bond donors (Lipinski definition) is 4. The molecule has 4 aromatic rings. The normalized spacial score (nSPS) is 22.1. The molecule has 0 spiro atoms. The summed E-state index contributed by atoms with van der Waals surface area (Å²) in [7, 11) is 0. The Morgan fingerprint density at radius 3 is 2.28 bits per heavy atom. The van der Waals surface area contributed by atoms with Crippen LogP contribution in [-0.4, -0.2) is 169 Å². The van der Waals surface area contributed by atoms with Gasteiger partial charge in [-0.05, 0) is 66.5 Å². The van der Waals surface area contributed by atoms with Crippen LogP contribution in [0.15, 0.2) is 54.9 Å². The molecule has 2 aromatic heterocycles. The Balaban J connectivity index is 0.832. The first kappa shape index (κ1) is 49.0. The van der Waals surface area contributed by atoms with Crippen molar-refractivity contribution in [1.29, 1.82) is 0 Å². The molecule has 4 aliphatic heterocycles. The maximum absolute atomic E-state index is 16.0. The molecular weight excluding hydrogens is 908 g/mol. The fraction of sp³-hybridized carbons (Fsp3) is 0.511. The molecule has 0 aliphatic carbocycles. The summed E-state index contributed by atoms with van der Waals surface area (Å²) in [6.45, 7) is 10.8. The highest BCUT2D eigenvalue weighted by Crippen LogP contribution is 2.34. The number of carbonyl (C=O) groups is 4. The van der Waals surface area contributed by atoms with Gasteiger partial charge in [-0.2, -0.15) is 0 Å². The number of aliphatic hydroxyl groups excluding tert-OH is 1. The van der Waals surface area contributed by atoms with Gasteiger partial charge in [-0.15, -0.1) is 0 Å². The van der Waals surface area contributed by atoms with Gasteiger partial charge in [0, 0.05) is 99.9 Å². The number of hydrogen-bond acceptors (Lipinski definition) is 12. The van der Waals surface area contributed by atoms with Crippen LogP contribution in [0.2, 0.25) is 0 Å². The Hall–Kier alpha value is -5.45. The van der Waals surface area contributed by atoms with Crippen molar-refractivity contribution < 1.29 is 51.3 Å². The largest absolute Gasteiger partial charge is 0.754 e. The molecule has 4 aliphatic rings. The molecule has 0 radical (unpaired) electrons. The summed E-state index contributed by atoms with van der Waals surface area (Å²) in [6, 6.07) is 9.29. The highest BCUT2D eigenvalue weighted by atomic mass is 32.2. The number of carboxylic acid groups (broad SMARTS) is 1. The number of rotatable bonds is 14. The number of H-pyrrole nitrogens is 1. The Bertz CT molecular complexity index is 2550. The van der Waals surface area contributed by atoms with Gasteiger partial charge in [-0.25, -0.2) is 32.4 Å². The quantitative estimate of drug-likeness (QED) is 0.105. The SMILES string of the molecule is CC(C)(C)[C@H](NC(=O)CN1CCN(CC2CCN(c3ccc(-c4cnc5[nH]cc(C(=O)c6c(F)ccc(N(N7CC[C@@H](F)C7)S(=O)[O-])c6F)c5c4)cc3)CC2)CC1)C(=O)N1C[C@H](O)C[C@H]1C(=O)O. The van der Waals surface area contributed by atoms with E-state index < -0.39 is 81.6 Å².